The topological polar surface area (TPSA) is 55.0 Å². The van der Waals surface area contributed by atoms with Crippen molar-refractivity contribution in [3.05, 3.63) is 24.6 Å². The first kappa shape index (κ1) is 12.3. The predicted molar refractivity (Wildman–Crippen MR) is 76.5 cm³/mol. The van der Waals surface area contributed by atoms with Gasteiger partial charge in [-0.3, -0.25) is 5.73 Å². The van der Waals surface area contributed by atoms with Crippen LogP contribution in [-0.2, 0) is 0 Å². The number of likely N-dealkylation sites (tertiary alicyclic amines) is 1. The highest BCUT2D eigenvalue weighted by molar-refractivity contribution is 5.94. The third-order valence-corrected chi connectivity index (χ3v) is 3.91. The minimum Gasteiger partial charge on any atom is -0.357 e. The summed E-state index contributed by atoms with van der Waals surface area (Å²) < 4.78 is 0. The second kappa shape index (κ2) is 5.07. The van der Waals surface area contributed by atoms with Crippen LogP contribution in [0, 0.1) is 5.92 Å². The Morgan fingerprint density at radius 1 is 1.37 bits per heavy atom. The average Bonchev–Trinajstić information content (AvgIpc) is 2.84. The van der Waals surface area contributed by atoms with Crippen LogP contribution >= 0.6 is 0 Å². The summed E-state index contributed by atoms with van der Waals surface area (Å²) in [5.41, 5.74) is 8.11. The van der Waals surface area contributed by atoms with Crippen LogP contribution in [0.25, 0.3) is 0 Å². The van der Waals surface area contributed by atoms with Crippen molar-refractivity contribution in [2.24, 2.45) is 16.0 Å². The number of piperidine rings is 1. The number of hydrogen-bond acceptors (Lipinski definition) is 4. The molecule has 0 saturated carbocycles. The Kier molecular flexibility index (Phi) is 3.27. The molecule has 3 aliphatic heterocycles. The van der Waals surface area contributed by atoms with Crippen LogP contribution in [0.2, 0.25) is 0 Å². The van der Waals surface area contributed by atoms with Gasteiger partial charge in [0.2, 0.25) is 0 Å². The van der Waals surface area contributed by atoms with Gasteiger partial charge in [0.1, 0.15) is 11.7 Å². The van der Waals surface area contributed by atoms with E-state index in [0.717, 1.165) is 25.3 Å². The van der Waals surface area contributed by atoms with E-state index >= 15 is 0 Å². The lowest BCUT2D eigenvalue weighted by Crippen LogP contribution is -2.42. The number of fused-ring (bicyclic) bond motifs is 1. The third-order valence-electron chi connectivity index (χ3n) is 3.91. The summed E-state index contributed by atoms with van der Waals surface area (Å²) in [7, 11) is 0. The van der Waals surface area contributed by atoms with Gasteiger partial charge in [0, 0.05) is 31.3 Å². The zero-order valence-corrected chi connectivity index (χ0v) is 11.1. The van der Waals surface area contributed by atoms with E-state index in [0.29, 0.717) is 5.82 Å². The quantitative estimate of drug-likeness (QED) is 0.709. The van der Waals surface area contributed by atoms with Gasteiger partial charge in [-0.15, -0.1) is 6.58 Å². The van der Waals surface area contributed by atoms with Gasteiger partial charge in [-0.1, -0.05) is 6.08 Å². The van der Waals surface area contributed by atoms with Gasteiger partial charge < -0.3 is 4.90 Å². The van der Waals surface area contributed by atoms with Crippen LogP contribution in [-0.4, -0.2) is 41.2 Å². The molecule has 0 aromatic rings. The maximum atomic E-state index is 8.11. The third kappa shape index (κ3) is 2.25. The summed E-state index contributed by atoms with van der Waals surface area (Å²) >= 11 is 0. The Morgan fingerprint density at radius 3 is 2.89 bits per heavy atom. The molecule has 0 aromatic heterocycles. The second-order valence-corrected chi connectivity index (χ2v) is 5.28. The van der Waals surface area contributed by atoms with Gasteiger partial charge in [-0.25, -0.2) is 10.0 Å². The Hall–Kier alpha value is -1.78. The number of nitrogens with zero attached hydrogens (tertiary/aromatic N) is 4. The van der Waals surface area contributed by atoms with Crippen molar-refractivity contribution >= 4 is 12.1 Å². The number of aliphatic imine (C=N–C) groups is 1. The Labute approximate surface area is 114 Å². The molecule has 5 nitrogen and oxygen atoms in total. The van der Waals surface area contributed by atoms with Gasteiger partial charge in [-0.05, 0) is 25.7 Å². The van der Waals surface area contributed by atoms with Crippen molar-refractivity contribution in [2.75, 3.05) is 13.1 Å². The van der Waals surface area contributed by atoms with Crippen molar-refractivity contribution in [3.63, 3.8) is 0 Å². The fourth-order valence-electron chi connectivity index (χ4n) is 2.87. The summed E-state index contributed by atoms with van der Waals surface area (Å²) in [4.78, 5) is 7.12. The molecule has 1 N–H and O–H groups in total. The molecule has 0 aliphatic carbocycles. The summed E-state index contributed by atoms with van der Waals surface area (Å²) in [5.74, 6) is 1.65. The van der Waals surface area contributed by atoms with Gasteiger partial charge >= 0.3 is 0 Å². The molecule has 3 heterocycles. The average molecular weight is 258 g/mol. The van der Waals surface area contributed by atoms with Crippen molar-refractivity contribution in [1.29, 1.82) is 0 Å². The predicted octanol–water partition coefficient (Wildman–Crippen LogP) is 1.83. The zero-order chi connectivity index (χ0) is 13.2. The Morgan fingerprint density at radius 2 is 2.16 bits per heavy atom. The molecule has 1 saturated heterocycles. The van der Waals surface area contributed by atoms with Gasteiger partial charge in [0.25, 0.3) is 0 Å². The highest BCUT2D eigenvalue weighted by Gasteiger charge is 2.35. The van der Waals surface area contributed by atoms with Crippen LogP contribution in [0.1, 0.15) is 25.7 Å². The fraction of sp³-hybridized carbons (Fsp3) is 0.571. The van der Waals surface area contributed by atoms with Crippen molar-refractivity contribution < 1.29 is 0 Å². The molecule has 2 unspecified atom stereocenters. The molecule has 0 amide bonds. The molecular formula is C14H20N5. The van der Waals surface area contributed by atoms with E-state index < -0.39 is 0 Å². The Bertz CT molecular complexity index is 445. The molecule has 0 bridgehead atoms. The van der Waals surface area contributed by atoms with E-state index in [-0.39, 0.29) is 12.1 Å². The highest BCUT2D eigenvalue weighted by Crippen LogP contribution is 2.28. The molecular weight excluding hydrogens is 238 g/mol. The van der Waals surface area contributed by atoms with Crippen LogP contribution < -0.4 is 5.73 Å². The van der Waals surface area contributed by atoms with Crippen LogP contribution in [0.4, 0.5) is 0 Å². The highest BCUT2D eigenvalue weighted by atomic mass is 15.6. The normalized spacial score (nSPS) is 29.9. The minimum atomic E-state index is -0.0487. The van der Waals surface area contributed by atoms with Crippen molar-refractivity contribution in [2.45, 2.75) is 31.8 Å². The number of nitrogens with one attached hydrogen (secondary N) is 1. The maximum absolute atomic E-state index is 8.11. The zero-order valence-electron chi connectivity index (χ0n) is 11.1. The summed E-state index contributed by atoms with van der Waals surface area (Å²) in [6, 6.07) is 0. The maximum Gasteiger partial charge on any atom is 0.154 e. The molecule has 19 heavy (non-hydrogen) atoms. The van der Waals surface area contributed by atoms with Crippen LogP contribution in [0.5, 0.6) is 0 Å². The molecule has 0 spiro atoms. The van der Waals surface area contributed by atoms with Crippen molar-refractivity contribution in [1.82, 2.24) is 15.6 Å². The van der Waals surface area contributed by atoms with E-state index in [1.807, 2.05) is 18.4 Å². The van der Waals surface area contributed by atoms with E-state index in [2.05, 4.69) is 16.6 Å². The lowest BCUT2D eigenvalue weighted by Gasteiger charge is -2.34. The lowest BCUT2D eigenvalue weighted by molar-refractivity contribution is 0.245. The molecule has 0 aromatic carbocycles. The first-order chi connectivity index (χ1) is 9.29. The number of rotatable bonds is 2. The van der Waals surface area contributed by atoms with Gasteiger partial charge in [0.15, 0.2) is 6.17 Å². The first-order valence-electron chi connectivity index (χ1n) is 7.00. The van der Waals surface area contributed by atoms with Gasteiger partial charge in [0.05, 0.1) is 0 Å². The molecule has 1 radical (unpaired) electrons. The second-order valence-electron chi connectivity index (χ2n) is 5.28. The molecule has 5 heteroatoms. The van der Waals surface area contributed by atoms with E-state index in [1.165, 1.54) is 19.3 Å². The van der Waals surface area contributed by atoms with Crippen LogP contribution in [0.15, 0.2) is 34.6 Å². The number of hydrazone groups is 1. The summed E-state index contributed by atoms with van der Waals surface area (Å²) in [6.45, 7) is 5.90. The van der Waals surface area contributed by atoms with Crippen LogP contribution in [0.3, 0.4) is 0 Å². The van der Waals surface area contributed by atoms with E-state index in [9.17, 15) is 0 Å². The Balaban J connectivity index is 1.81. The molecule has 2 atom stereocenters. The van der Waals surface area contributed by atoms with Crippen molar-refractivity contribution in [3.8, 4) is 0 Å². The monoisotopic (exact) mass is 258 g/mol. The van der Waals surface area contributed by atoms with E-state index in [4.69, 9.17) is 10.7 Å². The first-order valence-corrected chi connectivity index (χ1v) is 7.00. The summed E-state index contributed by atoms with van der Waals surface area (Å²) in [5, 5.41) is 6.01. The number of hydrogen-bond donors (Lipinski definition) is 0. The SMILES string of the molecule is C=CCC1C=NN2C([NH])=CC(N3CCCCC3)=NC12. The molecule has 3 aliphatic rings. The standard InChI is InChI=1S/C14H20N5/c1-2-6-11-10-16-19-12(15)9-13(17-14(11)19)18-7-4-3-5-8-18/h2,9-11,14-15H,1,3-8H2. The molecule has 101 valence electrons. The smallest absolute Gasteiger partial charge is 0.154 e. The lowest BCUT2D eigenvalue weighted by atomic mass is 10.0. The fourth-order valence-corrected chi connectivity index (χ4v) is 2.87. The number of amidine groups is 1. The molecule has 1 fully saturated rings. The minimum absolute atomic E-state index is 0.0487. The number of allylic oxidation sites excluding steroid dienone is 1. The van der Waals surface area contributed by atoms with E-state index in [1.54, 1.807) is 5.01 Å². The summed E-state index contributed by atoms with van der Waals surface area (Å²) in [6.07, 6.45) is 10.2. The van der Waals surface area contributed by atoms with Gasteiger partial charge in [-0.2, -0.15) is 5.10 Å². The molecule has 3 rings (SSSR count). The largest absolute Gasteiger partial charge is 0.357 e.